The summed E-state index contributed by atoms with van der Waals surface area (Å²) in [4.78, 5) is 23.1. The quantitative estimate of drug-likeness (QED) is 0.0484. The number of carbonyl (C=O) groups excluding carboxylic acids is 2. The molecule has 236 valence electrons. The van der Waals surface area contributed by atoms with E-state index < -0.39 is 36.1 Å². The van der Waals surface area contributed by atoms with Gasteiger partial charge in [-0.3, -0.25) is 0 Å². The number of halogens is 7. The van der Waals surface area contributed by atoms with Crippen molar-refractivity contribution in [3.05, 3.63) is 12.2 Å². The third-order valence-corrected chi connectivity index (χ3v) is 6.70. The molecule has 11 heteroatoms. The van der Waals surface area contributed by atoms with Crippen molar-refractivity contribution in [2.24, 2.45) is 0 Å². The van der Waals surface area contributed by atoms with Crippen LogP contribution >= 0.6 is 0 Å². The monoisotopic (exact) mass is 592 g/mol. The predicted octanol–water partition coefficient (Wildman–Crippen LogP) is 9.89. The number of esters is 2. The second-order valence-electron chi connectivity index (χ2n) is 10.2. The molecule has 40 heavy (non-hydrogen) atoms. The first-order chi connectivity index (χ1) is 18.8. The lowest BCUT2D eigenvalue weighted by Gasteiger charge is -2.27. The maximum atomic E-state index is 13.5. The number of hydrogen-bond acceptors (Lipinski definition) is 4. The third-order valence-electron chi connectivity index (χ3n) is 6.70. The summed E-state index contributed by atoms with van der Waals surface area (Å²) in [5.41, 5.74) is 0. The first-order valence-corrected chi connectivity index (χ1v) is 14.6. The molecule has 0 aliphatic heterocycles. The van der Waals surface area contributed by atoms with Gasteiger partial charge in [0, 0.05) is 0 Å². The zero-order valence-electron chi connectivity index (χ0n) is 23.9. The number of rotatable bonds is 24. The van der Waals surface area contributed by atoms with Crippen molar-refractivity contribution in [1.29, 1.82) is 0 Å². The van der Waals surface area contributed by atoms with Gasteiger partial charge in [-0.05, 0) is 38.5 Å². The van der Waals surface area contributed by atoms with E-state index >= 15 is 0 Å². The standard InChI is InChI=1S/C29H47F7O4/c1-3-4-5-6-7-8-9-10-11-12-13-14-15-16-17-18-19-20-21-22-23-24(25(37)39-2)40-26(38)27(30,31)28(32,33)29(34,35)36/h16-17,24H,3-15,18-23H2,1-2H3/b17-16-. The molecule has 4 nitrogen and oxygen atoms in total. The molecule has 0 heterocycles. The van der Waals surface area contributed by atoms with Gasteiger partial charge in [0.1, 0.15) is 0 Å². The molecule has 0 fully saturated rings. The highest BCUT2D eigenvalue weighted by atomic mass is 19.4. The van der Waals surface area contributed by atoms with Crippen LogP contribution < -0.4 is 0 Å². The average Bonchev–Trinajstić information content (AvgIpc) is 2.89. The Kier molecular flexibility index (Phi) is 20.0. The van der Waals surface area contributed by atoms with Crippen LogP contribution in [0.25, 0.3) is 0 Å². The fourth-order valence-electron chi connectivity index (χ4n) is 4.15. The van der Waals surface area contributed by atoms with E-state index in [0.29, 0.717) is 12.8 Å². The van der Waals surface area contributed by atoms with Crippen LogP contribution in [0.5, 0.6) is 0 Å². The van der Waals surface area contributed by atoms with Crippen LogP contribution in [0.15, 0.2) is 12.2 Å². The first kappa shape index (κ1) is 38.2. The summed E-state index contributed by atoms with van der Waals surface area (Å²) in [7, 11) is 0.843. The molecule has 0 aromatic rings. The predicted molar refractivity (Wildman–Crippen MR) is 140 cm³/mol. The highest BCUT2D eigenvalue weighted by molar-refractivity contribution is 5.83. The van der Waals surface area contributed by atoms with Gasteiger partial charge in [-0.25, -0.2) is 9.59 Å². The molecule has 0 N–H and O–H groups in total. The lowest BCUT2D eigenvalue weighted by molar-refractivity contribution is -0.349. The molecular formula is C29H47F7O4. The summed E-state index contributed by atoms with van der Waals surface area (Å²) in [6, 6.07) is 0. The van der Waals surface area contributed by atoms with Crippen molar-refractivity contribution in [2.75, 3.05) is 7.11 Å². The largest absolute Gasteiger partial charge is 0.466 e. The van der Waals surface area contributed by atoms with Gasteiger partial charge in [-0.1, -0.05) is 103 Å². The van der Waals surface area contributed by atoms with E-state index in [9.17, 15) is 40.3 Å². The zero-order chi connectivity index (χ0) is 30.5. The number of carbonyl (C=O) groups is 2. The summed E-state index contributed by atoms with van der Waals surface area (Å²) in [5, 5.41) is 0. The SMILES string of the molecule is CCCCCCCCCCCCCC/C=C\CCCCCCC(OC(=O)C(F)(F)C(F)(F)C(F)(F)F)C(=O)OC. The Balaban J connectivity index is 4.02. The number of hydrogen-bond donors (Lipinski definition) is 0. The normalized spacial score (nSPS) is 13.5. The summed E-state index contributed by atoms with van der Waals surface area (Å²) >= 11 is 0. The van der Waals surface area contributed by atoms with Crippen molar-refractivity contribution in [3.8, 4) is 0 Å². The third kappa shape index (κ3) is 15.3. The van der Waals surface area contributed by atoms with Gasteiger partial charge in [0.05, 0.1) is 7.11 Å². The Hall–Kier alpha value is -1.81. The summed E-state index contributed by atoms with van der Waals surface area (Å²) in [5.74, 6) is -17.3. The molecule has 0 rings (SSSR count). The number of alkyl halides is 7. The van der Waals surface area contributed by atoms with Crippen LogP contribution in [0.4, 0.5) is 30.7 Å². The number of unbranched alkanes of at least 4 members (excludes halogenated alkanes) is 16. The van der Waals surface area contributed by atoms with Crippen LogP contribution in [0, 0.1) is 0 Å². The van der Waals surface area contributed by atoms with Crippen molar-refractivity contribution in [3.63, 3.8) is 0 Å². The van der Waals surface area contributed by atoms with E-state index in [1.807, 2.05) is 0 Å². The maximum absolute atomic E-state index is 13.5. The number of allylic oxidation sites excluding steroid dienone is 2. The van der Waals surface area contributed by atoms with E-state index in [2.05, 4.69) is 28.5 Å². The Labute approximate surface area is 234 Å². The summed E-state index contributed by atoms with van der Waals surface area (Å²) < 4.78 is 98.2. The van der Waals surface area contributed by atoms with Gasteiger partial charge in [-0.15, -0.1) is 0 Å². The molecule has 0 aliphatic rings. The number of ether oxygens (including phenoxy) is 2. The smallest absolute Gasteiger partial charge is 0.460 e. The van der Waals surface area contributed by atoms with Crippen molar-refractivity contribution in [1.82, 2.24) is 0 Å². The summed E-state index contributed by atoms with van der Waals surface area (Å²) in [6.45, 7) is 2.23. The fraction of sp³-hybridized carbons (Fsp3) is 0.862. The van der Waals surface area contributed by atoms with Gasteiger partial charge >= 0.3 is 30.0 Å². The minimum absolute atomic E-state index is 0.191. The second-order valence-corrected chi connectivity index (χ2v) is 10.2. The minimum atomic E-state index is -6.68. The molecule has 0 bridgehead atoms. The lowest BCUT2D eigenvalue weighted by atomic mass is 10.0. The Bertz CT molecular complexity index is 709. The van der Waals surface area contributed by atoms with E-state index in [0.717, 1.165) is 32.8 Å². The molecule has 0 spiro atoms. The van der Waals surface area contributed by atoms with Gasteiger partial charge in [0.25, 0.3) is 0 Å². The van der Waals surface area contributed by atoms with Gasteiger partial charge in [0.15, 0.2) is 6.10 Å². The van der Waals surface area contributed by atoms with Crippen LogP contribution in [0.2, 0.25) is 0 Å². The molecule has 0 aliphatic carbocycles. The zero-order valence-corrected chi connectivity index (χ0v) is 23.9. The maximum Gasteiger partial charge on any atom is 0.460 e. The molecule has 0 amide bonds. The second kappa shape index (κ2) is 21.0. The fourth-order valence-corrected chi connectivity index (χ4v) is 4.15. The van der Waals surface area contributed by atoms with Crippen LogP contribution in [-0.4, -0.2) is 43.2 Å². The molecule has 1 atom stereocenters. The first-order valence-electron chi connectivity index (χ1n) is 14.6. The van der Waals surface area contributed by atoms with Gasteiger partial charge in [-0.2, -0.15) is 30.7 Å². The van der Waals surface area contributed by atoms with Crippen LogP contribution in [0.1, 0.15) is 129 Å². The highest BCUT2D eigenvalue weighted by Crippen LogP contribution is 2.47. The minimum Gasteiger partial charge on any atom is -0.466 e. The summed E-state index contributed by atoms with van der Waals surface area (Å²) in [6.07, 6.45) is 14.8. The Morgan fingerprint density at radius 2 is 1.05 bits per heavy atom. The van der Waals surface area contributed by atoms with Crippen LogP contribution in [-0.2, 0) is 19.1 Å². The van der Waals surface area contributed by atoms with E-state index in [-0.39, 0.29) is 12.8 Å². The van der Waals surface area contributed by atoms with Crippen molar-refractivity contribution < 1.29 is 49.8 Å². The Morgan fingerprint density at radius 1 is 0.650 bits per heavy atom. The van der Waals surface area contributed by atoms with Gasteiger partial charge in [0.2, 0.25) is 0 Å². The molecular weight excluding hydrogens is 545 g/mol. The average molecular weight is 593 g/mol. The highest BCUT2D eigenvalue weighted by Gasteiger charge is 2.77. The van der Waals surface area contributed by atoms with E-state index in [1.54, 1.807) is 0 Å². The van der Waals surface area contributed by atoms with E-state index in [1.165, 1.54) is 70.6 Å². The molecule has 0 aromatic heterocycles. The van der Waals surface area contributed by atoms with Gasteiger partial charge < -0.3 is 9.47 Å². The number of methoxy groups -OCH3 is 1. The Morgan fingerprint density at radius 3 is 1.45 bits per heavy atom. The van der Waals surface area contributed by atoms with Crippen molar-refractivity contribution >= 4 is 11.9 Å². The van der Waals surface area contributed by atoms with Crippen molar-refractivity contribution in [2.45, 2.75) is 153 Å². The molecule has 0 saturated carbocycles. The molecule has 0 saturated heterocycles. The molecule has 1 unspecified atom stereocenters. The molecule has 0 aromatic carbocycles. The van der Waals surface area contributed by atoms with Crippen LogP contribution in [0.3, 0.4) is 0 Å². The van der Waals surface area contributed by atoms with E-state index in [4.69, 9.17) is 0 Å². The topological polar surface area (TPSA) is 52.6 Å². The molecule has 0 radical (unpaired) electrons. The lowest BCUT2D eigenvalue weighted by Crippen LogP contribution is -2.57.